The zero-order chi connectivity index (χ0) is 11.6. The van der Waals surface area contributed by atoms with Gasteiger partial charge < -0.3 is 22.1 Å². The molecule has 1 rings (SSSR count). The molecule has 1 fully saturated rings. The van der Waals surface area contributed by atoms with Crippen LogP contribution in [-0.4, -0.2) is 36.0 Å². The second-order valence-corrected chi connectivity index (χ2v) is 4.55. The maximum absolute atomic E-state index is 11.5. The third-order valence-electron chi connectivity index (χ3n) is 2.23. The van der Waals surface area contributed by atoms with Gasteiger partial charge in [-0.25, -0.2) is 0 Å². The van der Waals surface area contributed by atoms with Gasteiger partial charge in [0.2, 0.25) is 11.8 Å². The first kappa shape index (κ1) is 11.9. The summed E-state index contributed by atoms with van der Waals surface area (Å²) < 4.78 is 0. The van der Waals surface area contributed by atoms with Gasteiger partial charge in [-0.1, -0.05) is 0 Å². The molecule has 0 bridgehead atoms. The smallest absolute Gasteiger partial charge is 0.244 e. The molecule has 1 heterocycles. The predicted octanol–water partition coefficient (Wildman–Crippen LogP) is -1.94. The highest BCUT2D eigenvalue weighted by molar-refractivity contribution is 5.97. The van der Waals surface area contributed by atoms with E-state index in [0.717, 1.165) is 0 Å². The molecule has 0 aromatic rings. The first-order valence-electron chi connectivity index (χ1n) is 4.93. The average Bonchev–Trinajstić information content (AvgIpc) is 2.08. The Morgan fingerprint density at radius 2 is 1.67 bits per heavy atom. The minimum Gasteiger partial charge on any atom is -0.342 e. The van der Waals surface area contributed by atoms with Crippen LogP contribution in [-0.2, 0) is 9.59 Å². The minimum atomic E-state index is -0.616. The van der Waals surface area contributed by atoms with Gasteiger partial charge in [0.1, 0.15) is 12.1 Å². The summed E-state index contributed by atoms with van der Waals surface area (Å²) in [5.41, 5.74) is 10.6. The summed E-state index contributed by atoms with van der Waals surface area (Å²) in [7, 11) is 0. The van der Waals surface area contributed by atoms with E-state index in [1.807, 2.05) is 13.8 Å². The lowest BCUT2D eigenvalue weighted by atomic mass is 9.94. The zero-order valence-electron chi connectivity index (χ0n) is 9.04. The van der Waals surface area contributed by atoms with Crippen molar-refractivity contribution in [3.63, 3.8) is 0 Å². The van der Waals surface area contributed by atoms with E-state index in [9.17, 15) is 9.59 Å². The van der Waals surface area contributed by atoms with Crippen LogP contribution >= 0.6 is 0 Å². The Morgan fingerprint density at radius 3 is 2.13 bits per heavy atom. The summed E-state index contributed by atoms with van der Waals surface area (Å²) in [6.45, 7) is 3.72. The highest BCUT2D eigenvalue weighted by Gasteiger charge is 2.34. The zero-order valence-corrected chi connectivity index (χ0v) is 9.04. The summed E-state index contributed by atoms with van der Waals surface area (Å²) in [5.74, 6) is -0.463. The van der Waals surface area contributed by atoms with Gasteiger partial charge in [-0.15, -0.1) is 0 Å². The van der Waals surface area contributed by atoms with Crippen LogP contribution in [0.1, 0.15) is 20.3 Å². The van der Waals surface area contributed by atoms with Crippen molar-refractivity contribution in [3.05, 3.63) is 0 Å². The molecule has 6 heteroatoms. The fourth-order valence-corrected chi connectivity index (χ4v) is 1.51. The Labute approximate surface area is 88.8 Å². The molecule has 15 heavy (non-hydrogen) atoms. The average molecular weight is 214 g/mol. The molecule has 0 radical (unpaired) electrons. The van der Waals surface area contributed by atoms with Crippen LogP contribution in [0.25, 0.3) is 0 Å². The summed E-state index contributed by atoms with van der Waals surface area (Å²) in [6.07, 6.45) is 0.405. The van der Waals surface area contributed by atoms with Crippen LogP contribution in [0, 0.1) is 0 Å². The Kier molecular flexibility index (Phi) is 3.31. The molecule has 6 N–H and O–H groups in total. The molecule has 1 aliphatic heterocycles. The van der Waals surface area contributed by atoms with E-state index in [1.165, 1.54) is 0 Å². The Hall–Kier alpha value is -1.14. The summed E-state index contributed by atoms with van der Waals surface area (Å²) >= 11 is 0. The third kappa shape index (κ3) is 3.17. The molecule has 0 spiro atoms. The predicted molar refractivity (Wildman–Crippen MR) is 55.8 cm³/mol. The quantitative estimate of drug-likeness (QED) is 0.438. The van der Waals surface area contributed by atoms with Crippen LogP contribution in [0.4, 0.5) is 0 Å². The number of nitrogens with one attached hydrogen (secondary N) is 2. The largest absolute Gasteiger partial charge is 0.342 e. The Morgan fingerprint density at radius 1 is 1.20 bits per heavy atom. The van der Waals surface area contributed by atoms with Gasteiger partial charge >= 0.3 is 0 Å². The number of hydrogen-bond acceptors (Lipinski definition) is 4. The van der Waals surface area contributed by atoms with Crippen molar-refractivity contribution in [2.75, 3.05) is 6.54 Å². The van der Waals surface area contributed by atoms with Crippen molar-refractivity contribution >= 4 is 11.8 Å². The van der Waals surface area contributed by atoms with E-state index in [2.05, 4.69) is 10.6 Å². The molecule has 6 nitrogen and oxygen atoms in total. The van der Waals surface area contributed by atoms with Crippen molar-refractivity contribution in [3.8, 4) is 0 Å². The van der Waals surface area contributed by atoms with Crippen molar-refractivity contribution < 1.29 is 9.59 Å². The molecule has 1 saturated heterocycles. The van der Waals surface area contributed by atoms with Crippen LogP contribution in [0.3, 0.4) is 0 Å². The van der Waals surface area contributed by atoms with Crippen molar-refractivity contribution in [1.82, 2.24) is 10.6 Å². The van der Waals surface area contributed by atoms with E-state index >= 15 is 0 Å². The van der Waals surface area contributed by atoms with Crippen LogP contribution in [0.2, 0.25) is 0 Å². The van der Waals surface area contributed by atoms with E-state index in [1.54, 1.807) is 0 Å². The summed E-state index contributed by atoms with van der Waals surface area (Å²) in [4.78, 5) is 23.0. The molecule has 1 aliphatic rings. The van der Waals surface area contributed by atoms with Crippen LogP contribution in [0.15, 0.2) is 0 Å². The molecule has 0 aromatic heterocycles. The fraction of sp³-hybridized carbons (Fsp3) is 0.778. The molecule has 86 valence electrons. The Bertz CT molecular complexity index is 272. The lowest BCUT2D eigenvalue weighted by molar-refractivity contribution is -0.137. The second-order valence-electron chi connectivity index (χ2n) is 4.55. The number of carbonyl (C=O) groups is 2. The van der Waals surface area contributed by atoms with Crippen LogP contribution in [0.5, 0.6) is 0 Å². The summed E-state index contributed by atoms with van der Waals surface area (Å²) in [6, 6.07) is -1.17. The van der Waals surface area contributed by atoms with E-state index in [-0.39, 0.29) is 18.4 Å². The maximum Gasteiger partial charge on any atom is 0.244 e. The van der Waals surface area contributed by atoms with Gasteiger partial charge in [-0.2, -0.15) is 0 Å². The van der Waals surface area contributed by atoms with Gasteiger partial charge in [0, 0.05) is 12.1 Å². The van der Waals surface area contributed by atoms with E-state index in [0.29, 0.717) is 6.42 Å². The SMILES string of the molecule is CC(C)(N)CC1NC(=O)C(CN)NC1=O. The molecule has 2 amide bonds. The standard InChI is InChI=1S/C9H18N4O2/c1-9(2,11)3-5-7(14)13-6(4-10)8(15)12-5/h5-6H,3-4,10-11H2,1-2H3,(H,12,15)(H,13,14). The summed E-state index contributed by atoms with van der Waals surface area (Å²) in [5, 5.41) is 5.17. The normalized spacial score (nSPS) is 27.2. The van der Waals surface area contributed by atoms with Gasteiger partial charge in [-0.3, -0.25) is 9.59 Å². The fourth-order valence-electron chi connectivity index (χ4n) is 1.51. The second kappa shape index (κ2) is 4.16. The first-order valence-corrected chi connectivity index (χ1v) is 4.93. The number of nitrogens with two attached hydrogens (primary N) is 2. The third-order valence-corrected chi connectivity index (χ3v) is 2.23. The molecular formula is C9H18N4O2. The monoisotopic (exact) mass is 214 g/mol. The van der Waals surface area contributed by atoms with Crippen molar-refractivity contribution in [2.24, 2.45) is 11.5 Å². The molecular weight excluding hydrogens is 196 g/mol. The molecule has 0 saturated carbocycles. The van der Waals surface area contributed by atoms with Gasteiger partial charge in [0.25, 0.3) is 0 Å². The van der Waals surface area contributed by atoms with E-state index < -0.39 is 17.6 Å². The number of amides is 2. The molecule has 2 unspecified atom stereocenters. The minimum absolute atomic E-state index is 0.107. The molecule has 0 aliphatic carbocycles. The number of carbonyl (C=O) groups excluding carboxylic acids is 2. The van der Waals surface area contributed by atoms with Gasteiger partial charge in [0.15, 0.2) is 0 Å². The van der Waals surface area contributed by atoms with Crippen LogP contribution < -0.4 is 22.1 Å². The highest BCUT2D eigenvalue weighted by Crippen LogP contribution is 2.10. The van der Waals surface area contributed by atoms with E-state index in [4.69, 9.17) is 11.5 Å². The van der Waals surface area contributed by atoms with Gasteiger partial charge in [0.05, 0.1) is 0 Å². The number of hydrogen-bond donors (Lipinski definition) is 4. The van der Waals surface area contributed by atoms with Crippen molar-refractivity contribution in [1.29, 1.82) is 0 Å². The topological polar surface area (TPSA) is 110 Å². The maximum atomic E-state index is 11.5. The number of rotatable bonds is 3. The molecule has 0 aromatic carbocycles. The number of piperazine rings is 1. The lowest BCUT2D eigenvalue weighted by Gasteiger charge is -2.32. The molecule has 2 atom stereocenters. The van der Waals surface area contributed by atoms with Crippen molar-refractivity contribution in [2.45, 2.75) is 37.9 Å². The highest BCUT2D eigenvalue weighted by atomic mass is 16.2. The first-order chi connectivity index (χ1) is 6.83. The Balaban J connectivity index is 2.63. The lowest BCUT2D eigenvalue weighted by Crippen LogP contribution is -2.65. The van der Waals surface area contributed by atoms with Gasteiger partial charge in [-0.05, 0) is 20.3 Å².